The highest BCUT2D eigenvalue weighted by Gasteiger charge is 2.23. The molecule has 3 heteroatoms. The molecule has 0 spiro atoms. The molecule has 0 aliphatic heterocycles. The Bertz CT molecular complexity index is 555. The minimum atomic E-state index is -0.825. The molecule has 0 amide bonds. The molecule has 1 heterocycles. The molecule has 1 unspecified atom stereocenters. The zero-order valence-corrected chi connectivity index (χ0v) is 12.2. The summed E-state index contributed by atoms with van der Waals surface area (Å²) in [6, 6.07) is 8.09. The van der Waals surface area contributed by atoms with Crippen LogP contribution < -0.4 is 0 Å². The second-order valence-electron chi connectivity index (χ2n) is 4.92. The van der Waals surface area contributed by atoms with Gasteiger partial charge in [-0.3, -0.25) is 4.79 Å². The lowest BCUT2D eigenvalue weighted by Gasteiger charge is -2.18. The largest absolute Gasteiger partial charge is 0.385 e. The van der Waals surface area contributed by atoms with Crippen molar-refractivity contribution in [3.8, 4) is 0 Å². The molecule has 1 aromatic carbocycles. The van der Waals surface area contributed by atoms with Crippen LogP contribution in [0.15, 0.2) is 29.6 Å². The number of hydrogen-bond donors (Lipinski definition) is 1. The zero-order valence-electron chi connectivity index (χ0n) is 11.4. The van der Waals surface area contributed by atoms with Gasteiger partial charge in [-0.25, -0.2) is 0 Å². The third-order valence-electron chi connectivity index (χ3n) is 3.75. The van der Waals surface area contributed by atoms with E-state index in [0.717, 1.165) is 23.8 Å². The molecule has 0 fully saturated rings. The quantitative estimate of drug-likeness (QED) is 0.871. The van der Waals surface area contributed by atoms with E-state index in [1.165, 1.54) is 4.70 Å². The molecule has 0 radical (unpaired) electrons. The number of rotatable bonds is 6. The maximum absolute atomic E-state index is 12.2. The number of benzene rings is 1. The fourth-order valence-corrected chi connectivity index (χ4v) is 3.42. The van der Waals surface area contributed by atoms with Crippen LogP contribution in [0.1, 0.15) is 32.3 Å². The molecule has 2 nitrogen and oxygen atoms in total. The van der Waals surface area contributed by atoms with Crippen LogP contribution in [0, 0.1) is 5.92 Å². The van der Waals surface area contributed by atoms with E-state index in [-0.39, 0.29) is 11.7 Å². The number of hydrogen-bond acceptors (Lipinski definition) is 3. The van der Waals surface area contributed by atoms with Gasteiger partial charge in [-0.2, -0.15) is 0 Å². The molecule has 2 aromatic rings. The summed E-state index contributed by atoms with van der Waals surface area (Å²) < 4.78 is 1.20. The van der Waals surface area contributed by atoms with Gasteiger partial charge in [-0.05, 0) is 28.3 Å². The van der Waals surface area contributed by atoms with E-state index in [9.17, 15) is 9.90 Å². The van der Waals surface area contributed by atoms with E-state index in [1.54, 1.807) is 11.3 Å². The van der Waals surface area contributed by atoms with Crippen molar-refractivity contribution >= 4 is 27.2 Å². The first kappa shape index (κ1) is 14.2. The standard InChI is InChI=1S/C16H20O2S/c1-3-11(4-2)16(18)14(17)9-12-10-19-15-8-6-5-7-13(12)15/h5-8,10-11,16,18H,3-4,9H2,1-2H3. The predicted octanol–water partition coefficient (Wildman–Crippen LogP) is 3.81. The molecule has 102 valence electrons. The summed E-state index contributed by atoms with van der Waals surface area (Å²) in [5.74, 6) is 0.0228. The van der Waals surface area contributed by atoms with Crippen LogP contribution in [0.4, 0.5) is 0 Å². The molecule has 1 N–H and O–H groups in total. The van der Waals surface area contributed by atoms with E-state index in [0.29, 0.717) is 6.42 Å². The summed E-state index contributed by atoms with van der Waals surface area (Å²) in [5.41, 5.74) is 1.04. The van der Waals surface area contributed by atoms with E-state index in [2.05, 4.69) is 6.07 Å². The van der Waals surface area contributed by atoms with Crippen molar-refractivity contribution in [1.82, 2.24) is 0 Å². The fourth-order valence-electron chi connectivity index (χ4n) is 2.46. The highest BCUT2D eigenvalue weighted by atomic mass is 32.1. The first-order valence-electron chi connectivity index (χ1n) is 6.83. The summed E-state index contributed by atoms with van der Waals surface area (Å²) in [5, 5.41) is 13.3. The first-order chi connectivity index (χ1) is 9.17. The van der Waals surface area contributed by atoms with Crippen molar-refractivity contribution in [2.75, 3.05) is 0 Å². The molecule has 2 rings (SSSR count). The summed E-state index contributed by atoms with van der Waals surface area (Å²) in [6.07, 6.45) is 1.19. The van der Waals surface area contributed by atoms with Gasteiger partial charge in [0.25, 0.3) is 0 Å². The topological polar surface area (TPSA) is 37.3 Å². The molecule has 1 aromatic heterocycles. The maximum atomic E-state index is 12.2. The number of fused-ring (bicyclic) bond motifs is 1. The number of carbonyl (C=O) groups is 1. The molecule has 1 atom stereocenters. The molecule has 0 bridgehead atoms. The molecule has 0 aliphatic carbocycles. The van der Waals surface area contributed by atoms with Crippen LogP contribution in [0.25, 0.3) is 10.1 Å². The smallest absolute Gasteiger partial charge is 0.165 e. The van der Waals surface area contributed by atoms with E-state index >= 15 is 0 Å². The Morgan fingerprint density at radius 2 is 1.95 bits per heavy atom. The van der Waals surface area contributed by atoms with Crippen LogP contribution in [-0.4, -0.2) is 17.0 Å². The van der Waals surface area contributed by atoms with Gasteiger partial charge >= 0.3 is 0 Å². The fraction of sp³-hybridized carbons (Fsp3) is 0.438. The van der Waals surface area contributed by atoms with Crippen molar-refractivity contribution in [2.45, 2.75) is 39.2 Å². The van der Waals surface area contributed by atoms with Crippen molar-refractivity contribution in [1.29, 1.82) is 0 Å². The average Bonchev–Trinajstić information content (AvgIpc) is 2.83. The Hall–Kier alpha value is -1.19. The number of thiophene rings is 1. The molecule has 19 heavy (non-hydrogen) atoms. The van der Waals surface area contributed by atoms with Gasteiger partial charge in [0.1, 0.15) is 6.10 Å². The normalized spacial score (nSPS) is 13.1. The highest BCUT2D eigenvalue weighted by Crippen LogP contribution is 2.27. The van der Waals surface area contributed by atoms with Gasteiger partial charge in [0, 0.05) is 11.1 Å². The Balaban J connectivity index is 2.14. The number of carbonyl (C=O) groups excluding carboxylic acids is 1. The molecule has 0 aliphatic rings. The van der Waals surface area contributed by atoms with Crippen LogP contribution in [0.2, 0.25) is 0 Å². The summed E-state index contributed by atoms with van der Waals surface area (Å²) in [6.45, 7) is 4.04. The molecule has 0 saturated heterocycles. The monoisotopic (exact) mass is 276 g/mol. The molecular weight excluding hydrogens is 256 g/mol. The Morgan fingerprint density at radius 1 is 1.26 bits per heavy atom. The summed E-state index contributed by atoms with van der Waals surface area (Å²) in [4.78, 5) is 12.2. The minimum absolute atomic E-state index is 0.0581. The number of aliphatic hydroxyl groups is 1. The number of aliphatic hydroxyl groups excluding tert-OH is 1. The second-order valence-corrected chi connectivity index (χ2v) is 5.83. The van der Waals surface area contributed by atoms with Gasteiger partial charge in [-0.1, -0.05) is 44.9 Å². The molecule has 0 saturated carbocycles. The van der Waals surface area contributed by atoms with Gasteiger partial charge in [0.15, 0.2) is 5.78 Å². The first-order valence-corrected chi connectivity index (χ1v) is 7.71. The van der Waals surface area contributed by atoms with E-state index < -0.39 is 6.10 Å². The number of ketones is 1. The van der Waals surface area contributed by atoms with Gasteiger partial charge in [0.2, 0.25) is 0 Å². The highest BCUT2D eigenvalue weighted by molar-refractivity contribution is 7.17. The Morgan fingerprint density at radius 3 is 2.63 bits per heavy atom. The summed E-state index contributed by atoms with van der Waals surface area (Å²) >= 11 is 1.65. The van der Waals surface area contributed by atoms with Crippen LogP contribution in [-0.2, 0) is 11.2 Å². The molecular formula is C16H20O2S. The van der Waals surface area contributed by atoms with Crippen LogP contribution >= 0.6 is 11.3 Å². The van der Waals surface area contributed by atoms with Gasteiger partial charge in [0.05, 0.1) is 0 Å². The third-order valence-corrected chi connectivity index (χ3v) is 4.76. The third kappa shape index (κ3) is 3.04. The lowest BCUT2D eigenvalue weighted by Crippen LogP contribution is -2.30. The SMILES string of the molecule is CCC(CC)C(O)C(=O)Cc1csc2ccccc12. The van der Waals surface area contributed by atoms with Gasteiger partial charge in [-0.15, -0.1) is 11.3 Å². The predicted molar refractivity (Wildman–Crippen MR) is 80.6 cm³/mol. The maximum Gasteiger partial charge on any atom is 0.165 e. The second kappa shape index (κ2) is 6.31. The van der Waals surface area contributed by atoms with Gasteiger partial charge < -0.3 is 5.11 Å². The Kier molecular flexibility index (Phi) is 4.72. The van der Waals surface area contributed by atoms with Crippen LogP contribution in [0.3, 0.4) is 0 Å². The van der Waals surface area contributed by atoms with Crippen molar-refractivity contribution in [2.24, 2.45) is 5.92 Å². The van der Waals surface area contributed by atoms with E-state index in [4.69, 9.17) is 0 Å². The minimum Gasteiger partial charge on any atom is -0.385 e. The van der Waals surface area contributed by atoms with Crippen molar-refractivity contribution in [3.63, 3.8) is 0 Å². The number of Topliss-reactive ketones (excluding diaryl/α,β-unsaturated/α-hetero) is 1. The lowest BCUT2D eigenvalue weighted by atomic mass is 9.91. The van der Waals surface area contributed by atoms with Crippen molar-refractivity contribution < 1.29 is 9.90 Å². The van der Waals surface area contributed by atoms with E-state index in [1.807, 2.05) is 37.4 Å². The van der Waals surface area contributed by atoms with Crippen molar-refractivity contribution in [3.05, 3.63) is 35.2 Å². The van der Waals surface area contributed by atoms with Crippen LogP contribution in [0.5, 0.6) is 0 Å². The Labute approximate surface area is 118 Å². The summed E-state index contributed by atoms with van der Waals surface area (Å²) in [7, 11) is 0. The lowest BCUT2D eigenvalue weighted by molar-refractivity contribution is -0.129. The zero-order chi connectivity index (χ0) is 13.8. The average molecular weight is 276 g/mol.